The normalized spacial score (nSPS) is 17.8. The number of aliphatic hydroxyl groups excluding tert-OH is 1. The molecule has 1 rings (SSSR count). The highest BCUT2D eigenvalue weighted by atomic mass is 16.3. The lowest BCUT2D eigenvalue weighted by Gasteiger charge is -2.36. The van der Waals surface area contributed by atoms with Gasteiger partial charge in [0.15, 0.2) is 0 Å². The van der Waals surface area contributed by atoms with Gasteiger partial charge < -0.3 is 10.8 Å². The molecule has 12 heavy (non-hydrogen) atoms. The number of aliphatic hydroxyl groups is 1. The lowest BCUT2D eigenvalue weighted by atomic mass is 9.91. The summed E-state index contributed by atoms with van der Waals surface area (Å²) in [5.41, 5.74) is 5.30. The first kappa shape index (κ1) is 9.48. The SMILES string of the molecule is N=C(N)CN(CCO)C1CCC1. The Hall–Kier alpha value is -0.610. The van der Waals surface area contributed by atoms with Crippen molar-refractivity contribution >= 4 is 5.84 Å². The van der Waals surface area contributed by atoms with Crippen molar-refractivity contribution < 1.29 is 5.11 Å². The van der Waals surface area contributed by atoms with Gasteiger partial charge >= 0.3 is 0 Å². The van der Waals surface area contributed by atoms with Crippen LogP contribution in [0.25, 0.3) is 0 Å². The summed E-state index contributed by atoms with van der Waals surface area (Å²) in [5, 5.41) is 15.9. The second kappa shape index (κ2) is 4.42. The van der Waals surface area contributed by atoms with E-state index in [9.17, 15) is 0 Å². The van der Waals surface area contributed by atoms with E-state index < -0.39 is 0 Å². The van der Waals surface area contributed by atoms with Gasteiger partial charge in [0, 0.05) is 12.6 Å². The molecule has 0 atom stereocenters. The largest absolute Gasteiger partial charge is 0.395 e. The molecule has 4 heteroatoms. The summed E-state index contributed by atoms with van der Waals surface area (Å²) in [5.74, 6) is 0.190. The third kappa shape index (κ3) is 2.46. The molecule has 0 spiro atoms. The first-order valence-corrected chi connectivity index (χ1v) is 4.42. The van der Waals surface area contributed by atoms with Crippen molar-refractivity contribution in [2.75, 3.05) is 19.7 Å². The van der Waals surface area contributed by atoms with Gasteiger partial charge in [-0.3, -0.25) is 10.3 Å². The molecule has 4 N–H and O–H groups in total. The second-order valence-electron chi connectivity index (χ2n) is 3.30. The molecule has 0 aromatic carbocycles. The summed E-state index contributed by atoms with van der Waals surface area (Å²) in [6, 6.07) is 0.557. The van der Waals surface area contributed by atoms with E-state index in [0.29, 0.717) is 19.1 Å². The van der Waals surface area contributed by atoms with Crippen LogP contribution in [0.5, 0.6) is 0 Å². The van der Waals surface area contributed by atoms with Crippen LogP contribution in [-0.2, 0) is 0 Å². The van der Waals surface area contributed by atoms with Gasteiger partial charge in [0.25, 0.3) is 0 Å². The molecule has 1 fully saturated rings. The molecule has 0 aliphatic heterocycles. The second-order valence-corrected chi connectivity index (χ2v) is 3.30. The predicted octanol–water partition coefficient (Wildman–Crippen LogP) is -0.231. The average Bonchev–Trinajstić information content (AvgIpc) is 1.81. The van der Waals surface area contributed by atoms with Crippen molar-refractivity contribution in [3.05, 3.63) is 0 Å². The van der Waals surface area contributed by atoms with Crippen molar-refractivity contribution in [1.29, 1.82) is 5.41 Å². The average molecular weight is 171 g/mol. The van der Waals surface area contributed by atoms with E-state index in [1.165, 1.54) is 19.3 Å². The van der Waals surface area contributed by atoms with Crippen LogP contribution in [0.2, 0.25) is 0 Å². The van der Waals surface area contributed by atoms with Gasteiger partial charge in [0.1, 0.15) is 5.84 Å². The van der Waals surface area contributed by atoms with Crippen molar-refractivity contribution in [3.63, 3.8) is 0 Å². The zero-order chi connectivity index (χ0) is 8.97. The van der Waals surface area contributed by atoms with E-state index >= 15 is 0 Å². The molecule has 0 aromatic heterocycles. The molecule has 0 radical (unpaired) electrons. The predicted molar refractivity (Wildman–Crippen MR) is 48.2 cm³/mol. The number of rotatable bonds is 5. The maximum atomic E-state index is 8.77. The molecule has 0 unspecified atom stereocenters. The monoisotopic (exact) mass is 171 g/mol. The van der Waals surface area contributed by atoms with E-state index in [4.69, 9.17) is 16.2 Å². The van der Waals surface area contributed by atoms with E-state index in [0.717, 1.165) is 0 Å². The molecule has 1 saturated carbocycles. The zero-order valence-corrected chi connectivity index (χ0v) is 7.29. The fourth-order valence-corrected chi connectivity index (χ4v) is 1.49. The lowest BCUT2D eigenvalue weighted by molar-refractivity contribution is 0.117. The summed E-state index contributed by atoms with van der Waals surface area (Å²) < 4.78 is 0. The van der Waals surface area contributed by atoms with Crippen LogP contribution in [0, 0.1) is 5.41 Å². The summed E-state index contributed by atoms with van der Waals surface area (Å²) >= 11 is 0. The van der Waals surface area contributed by atoms with E-state index in [1.54, 1.807) is 0 Å². The lowest BCUT2D eigenvalue weighted by Crippen LogP contribution is -2.45. The smallest absolute Gasteiger partial charge is 0.105 e. The molecule has 0 aromatic rings. The van der Waals surface area contributed by atoms with Crippen LogP contribution in [-0.4, -0.2) is 41.6 Å². The van der Waals surface area contributed by atoms with Crippen molar-refractivity contribution in [2.45, 2.75) is 25.3 Å². The standard InChI is InChI=1S/C8H17N3O/c9-8(10)6-11(4-5-12)7-2-1-3-7/h7,12H,1-6H2,(H3,9,10). The number of nitrogens with zero attached hydrogens (tertiary/aromatic N) is 1. The minimum Gasteiger partial charge on any atom is -0.395 e. The molecule has 0 heterocycles. The number of hydrogen-bond donors (Lipinski definition) is 3. The van der Waals surface area contributed by atoms with Crippen LogP contribution in [0.1, 0.15) is 19.3 Å². The van der Waals surface area contributed by atoms with Gasteiger partial charge in [-0.2, -0.15) is 0 Å². The molecule has 0 amide bonds. The fourth-order valence-electron chi connectivity index (χ4n) is 1.49. The van der Waals surface area contributed by atoms with Gasteiger partial charge in [-0.15, -0.1) is 0 Å². The summed E-state index contributed by atoms with van der Waals surface area (Å²) in [6.45, 7) is 1.30. The van der Waals surface area contributed by atoms with Crippen LogP contribution in [0.3, 0.4) is 0 Å². The summed E-state index contributed by atoms with van der Waals surface area (Å²) in [4.78, 5) is 2.09. The van der Waals surface area contributed by atoms with Gasteiger partial charge in [-0.05, 0) is 12.8 Å². The molecule has 1 aliphatic carbocycles. The van der Waals surface area contributed by atoms with E-state index in [1.807, 2.05) is 0 Å². The Morgan fingerprint density at radius 1 is 1.58 bits per heavy atom. The molecular weight excluding hydrogens is 154 g/mol. The minimum absolute atomic E-state index is 0.157. The van der Waals surface area contributed by atoms with Crippen molar-refractivity contribution in [1.82, 2.24) is 4.90 Å². The Balaban J connectivity index is 2.31. The highest BCUT2D eigenvalue weighted by Crippen LogP contribution is 2.23. The van der Waals surface area contributed by atoms with E-state index in [-0.39, 0.29) is 12.4 Å². The third-order valence-electron chi connectivity index (χ3n) is 2.35. The van der Waals surface area contributed by atoms with Crippen LogP contribution in [0.15, 0.2) is 0 Å². The molecule has 4 nitrogen and oxygen atoms in total. The van der Waals surface area contributed by atoms with Crippen LogP contribution >= 0.6 is 0 Å². The highest BCUT2D eigenvalue weighted by molar-refractivity contribution is 5.78. The quantitative estimate of drug-likeness (QED) is 0.395. The van der Waals surface area contributed by atoms with Crippen molar-refractivity contribution in [2.24, 2.45) is 5.73 Å². The van der Waals surface area contributed by atoms with Crippen molar-refractivity contribution in [3.8, 4) is 0 Å². The maximum absolute atomic E-state index is 8.77. The highest BCUT2D eigenvalue weighted by Gasteiger charge is 2.24. The Morgan fingerprint density at radius 3 is 2.58 bits per heavy atom. The first-order chi connectivity index (χ1) is 5.74. The molecular formula is C8H17N3O. The molecule has 1 aliphatic rings. The van der Waals surface area contributed by atoms with Crippen LogP contribution < -0.4 is 5.73 Å². The maximum Gasteiger partial charge on any atom is 0.105 e. The molecule has 0 bridgehead atoms. The number of nitrogens with one attached hydrogen (secondary N) is 1. The van der Waals surface area contributed by atoms with Gasteiger partial charge in [0.05, 0.1) is 13.2 Å². The number of hydrogen-bond acceptors (Lipinski definition) is 3. The minimum atomic E-state index is 0.157. The fraction of sp³-hybridized carbons (Fsp3) is 0.875. The zero-order valence-electron chi connectivity index (χ0n) is 7.29. The van der Waals surface area contributed by atoms with Gasteiger partial charge in [-0.1, -0.05) is 6.42 Å². The van der Waals surface area contributed by atoms with Crippen LogP contribution in [0.4, 0.5) is 0 Å². The summed E-state index contributed by atoms with van der Waals surface area (Å²) in [6.07, 6.45) is 3.64. The Labute approximate surface area is 72.9 Å². The molecule has 0 saturated heterocycles. The Bertz CT molecular complexity index is 156. The number of amidine groups is 1. The van der Waals surface area contributed by atoms with Gasteiger partial charge in [-0.25, -0.2) is 0 Å². The summed E-state index contributed by atoms with van der Waals surface area (Å²) in [7, 11) is 0. The third-order valence-corrected chi connectivity index (χ3v) is 2.35. The Kier molecular flexibility index (Phi) is 3.49. The van der Waals surface area contributed by atoms with Gasteiger partial charge in [0.2, 0.25) is 0 Å². The van der Waals surface area contributed by atoms with E-state index in [2.05, 4.69) is 4.90 Å². The number of nitrogens with two attached hydrogens (primary N) is 1. The topological polar surface area (TPSA) is 73.3 Å². The Morgan fingerprint density at radius 2 is 2.25 bits per heavy atom. The molecule has 70 valence electrons. The first-order valence-electron chi connectivity index (χ1n) is 4.42.